The molecule has 86 valence electrons. The Kier molecular flexibility index (Phi) is 2.60. The molecule has 0 amide bonds. The van der Waals surface area contributed by atoms with Gasteiger partial charge in [0.2, 0.25) is 0 Å². The average Bonchev–Trinajstić information content (AvgIpc) is 2.39. The van der Waals surface area contributed by atoms with Crippen molar-refractivity contribution in [3.63, 3.8) is 0 Å². The molecule has 0 radical (unpaired) electrons. The third-order valence-electron chi connectivity index (χ3n) is 3.53. The van der Waals surface area contributed by atoms with E-state index >= 15 is 0 Å². The Balaban J connectivity index is 1.86. The van der Waals surface area contributed by atoms with E-state index in [9.17, 15) is 0 Å². The molecule has 0 saturated carbocycles. The number of para-hydroxylation sites is 1. The second kappa shape index (κ2) is 4.25. The Morgan fingerprint density at radius 2 is 1.76 bits per heavy atom. The van der Waals surface area contributed by atoms with Gasteiger partial charge >= 0.3 is 0 Å². The SMILES string of the molecule is Cc1ccc(C2CCc3ccccc3N2)cc1. The number of anilines is 1. The van der Waals surface area contributed by atoms with Crippen LogP contribution in [0.1, 0.15) is 29.2 Å². The van der Waals surface area contributed by atoms with Gasteiger partial charge in [-0.25, -0.2) is 0 Å². The molecule has 1 heteroatoms. The lowest BCUT2D eigenvalue weighted by molar-refractivity contribution is 0.668. The van der Waals surface area contributed by atoms with Gasteiger partial charge in [-0.3, -0.25) is 0 Å². The smallest absolute Gasteiger partial charge is 0.0517 e. The Labute approximate surface area is 102 Å². The Hall–Kier alpha value is -1.76. The van der Waals surface area contributed by atoms with E-state index in [4.69, 9.17) is 0 Å². The normalized spacial score (nSPS) is 18.3. The van der Waals surface area contributed by atoms with E-state index in [1.165, 1.54) is 35.2 Å². The summed E-state index contributed by atoms with van der Waals surface area (Å²) in [6, 6.07) is 17.9. The van der Waals surface area contributed by atoms with E-state index in [2.05, 4.69) is 60.8 Å². The standard InChI is InChI=1S/C16H17N/c1-12-6-8-14(9-7-12)16-11-10-13-4-2-3-5-15(13)17-16/h2-9,16-17H,10-11H2,1H3. The van der Waals surface area contributed by atoms with Gasteiger partial charge in [-0.15, -0.1) is 0 Å². The first-order valence-electron chi connectivity index (χ1n) is 6.24. The predicted octanol–water partition coefficient (Wildman–Crippen LogP) is 4.09. The van der Waals surface area contributed by atoms with Gasteiger partial charge in [0.25, 0.3) is 0 Å². The average molecular weight is 223 g/mol. The molecule has 0 aliphatic carbocycles. The lowest BCUT2D eigenvalue weighted by Crippen LogP contribution is -2.17. The fourth-order valence-corrected chi connectivity index (χ4v) is 2.49. The van der Waals surface area contributed by atoms with Gasteiger partial charge in [0.1, 0.15) is 0 Å². The molecule has 1 atom stereocenters. The number of nitrogens with one attached hydrogen (secondary N) is 1. The molecule has 0 saturated heterocycles. The number of rotatable bonds is 1. The zero-order chi connectivity index (χ0) is 11.7. The minimum Gasteiger partial charge on any atom is -0.378 e. The summed E-state index contributed by atoms with van der Waals surface area (Å²) >= 11 is 0. The number of hydrogen-bond donors (Lipinski definition) is 1. The van der Waals surface area contributed by atoms with Crippen molar-refractivity contribution < 1.29 is 0 Å². The van der Waals surface area contributed by atoms with Crippen LogP contribution in [-0.4, -0.2) is 0 Å². The van der Waals surface area contributed by atoms with Crippen LogP contribution >= 0.6 is 0 Å². The van der Waals surface area contributed by atoms with Crippen molar-refractivity contribution in [2.75, 3.05) is 5.32 Å². The molecular weight excluding hydrogens is 206 g/mol. The molecule has 0 spiro atoms. The van der Waals surface area contributed by atoms with E-state index in [-0.39, 0.29) is 0 Å². The number of fused-ring (bicyclic) bond motifs is 1. The van der Waals surface area contributed by atoms with Crippen LogP contribution in [0.3, 0.4) is 0 Å². The van der Waals surface area contributed by atoms with E-state index < -0.39 is 0 Å². The minimum absolute atomic E-state index is 0.463. The highest BCUT2D eigenvalue weighted by Gasteiger charge is 2.18. The summed E-state index contributed by atoms with van der Waals surface area (Å²) in [5.41, 5.74) is 5.45. The van der Waals surface area contributed by atoms with E-state index in [0.29, 0.717) is 6.04 Å². The maximum atomic E-state index is 3.63. The van der Waals surface area contributed by atoms with Crippen LogP contribution < -0.4 is 5.32 Å². The third-order valence-corrected chi connectivity index (χ3v) is 3.53. The van der Waals surface area contributed by atoms with Crippen molar-refractivity contribution in [1.29, 1.82) is 0 Å². The van der Waals surface area contributed by atoms with Gasteiger partial charge in [0.05, 0.1) is 6.04 Å². The summed E-state index contributed by atoms with van der Waals surface area (Å²) in [7, 11) is 0. The summed E-state index contributed by atoms with van der Waals surface area (Å²) in [5, 5.41) is 3.63. The first kappa shape index (κ1) is 10.4. The molecule has 1 heterocycles. The zero-order valence-electron chi connectivity index (χ0n) is 10.1. The van der Waals surface area contributed by atoms with Crippen LogP contribution in [-0.2, 0) is 6.42 Å². The number of hydrogen-bond acceptors (Lipinski definition) is 1. The fourth-order valence-electron chi connectivity index (χ4n) is 2.49. The first-order valence-corrected chi connectivity index (χ1v) is 6.24. The van der Waals surface area contributed by atoms with E-state index in [0.717, 1.165) is 0 Å². The lowest BCUT2D eigenvalue weighted by Gasteiger charge is -2.27. The summed E-state index contributed by atoms with van der Waals surface area (Å²) in [4.78, 5) is 0. The molecule has 1 unspecified atom stereocenters. The summed E-state index contributed by atoms with van der Waals surface area (Å²) in [6.45, 7) is 2.13. The van der Waals surface area contributed by atoms with Crippen LogP contribution in [0.15, 0.2) is 48.5 Å². The van der Waals surface area contributed by atoms with Crippen molar-refractivity contribution in [3.05, 3.63) is 65.2 Å². The highest BCUT2D eigenvalue weighted by atomic mass is 14.9. The molecule has 0 bridgehead atoms. The van der Waals surface area contributed by atoms with Crippen LogP contribution in [0.2, 0.25) is 0 Å². The van der Waals surface area contributed by atoms with Crippen LogP contribution in [0.5, 0.6) is 0 Å². The second-order valence-corrected chi connectivity index (χ2v) is 4.80. The van der Waals surface area contributed by atoms with Crippen LogP contribution in [0.25, 0.3) is 0 Å². The number of aryl methyl sites for hydroxylation is 2. The second-order valence-electron chi connectivity index (χ2n) is 4.80. The topological polar surface area (TPSA) is 12.0 Å². The molecule has 2 aromatic rings. The molecule has 1 N–H and O–H groups in total. The number of benzene rings is 2. The molecular formula is C16H17N. The van der Waals surface area contributed by atoms with Crippen molar-refractivity contribution in [2.45, 2.75) is 25.8 Å². The molecule has 3 rings (SSSR count). The highest BCUT2D eigenvalue weighted by molar-refractivity contribution is 5.54. The van der Waals surface area contributed by atoms with E-state index in [1.54, 1.807) is 0 Å². The molecule has 17 heavy (non-hydrogen) atoms. The lowest BCUT2D eigenvalue weighted by atomic mass is 9.93. The maximum absolute atomic E-state index is 3.63. The first-order chi connectivity index (χ1) is 8.33. The van der Waals surface area contributed by atoms with Gasteiger partial charge in [-0.2, -0.15) is 0 Å². The summed E-state index contributed by atoms with van der Waals surface area (Å²) < 4.78 is 0. The molecule has 1 aliphatic heterocycles. The van der Waals surface area contributed by atoms with Gasteiger partial charge < -0.3 is 5.32 Å². The molecule has 1 nitrogen and oxygen atoms in total. The Bertz CT molecular complexity index is 513. The highest BCUT2D eigenvalue weighted by Crippen LogP contribution is 2.32. The van der Waals surface area contributed by atoms with Crippen molar-refractivity contribution >= 4 is 5.69 Å². The van der Waals surface area contributed by atoms with Gasteiger partial charge in [0, 0.05) is 5.69 Å². The van der Waals surface area contributed by atoms with Crippen molar-refractivity contribution in [1.82, 2.24) is 0 Å². The quantitative estimate of drug-likeness (QED) is 0.767. The van der Waals surface area contributed by atoms with Crippen molar-refractivity contribution in [2.24, 2.45) is 0 Å². The third kappa shape index (κ3) is 2.05. The minimum atomic E-state index is 0.463. The van der Waals surface area contributed by atoms with Gasteiger partial charge in [-0.1, -0.05) is 48.0 Å². The summed E-state index contributed by atoms with van der Waals surface area (Å²) in [6.07, 6.45) is 2.35. The van der Waals surface area contributed by atoms with Crippen LogP contribution in [0.4, 0.5) is 5.69 Å². The van der Waals surface area contributed by atoms with Gasteiger partial charge in [0.15, 0.2) is 0 Å². The predicted molar refractivity (Wildman–Crippen MR) is 72.3 cm³/mol. The fraction of sp³-hybridized carbons (Fsp3) is 0.250. The zero-order valence-corrected chi connectivity index (χ0v) is 10.1. The maximum Gasteiger partial charge on any atom is 0.0517 e. The molecule has 0 fully saturated rings. The molecule has 2 aromatic carbocycles. The van der Waals surface area contributed by atoms with E-state index in [1.807, 2.05) is 0 Å². The van der Waals surface area contributed by atoms with Crippen molar-refractivity contribution in [3.8, 4) is 0 Å². The monoisotopic (exact) mass is 223 g/mol. The Morgan fingerprint density at radius 1 is 1.00 bits per heavy atom. The summed E-state index contributed by atoms with van der Waals surface area (Å²) in [5.74, 6) is 0. The van der Waals surface area contributed by atoms with Crippen LogP contribution in [0, 0.1) is 6.92 Å². The molecule has 0 aromatic heterocycles. The Morgan fingerprint density at radius 3 is 2.59 bits per heavy atom. The molecule has 1 aliphatic rings. The largest absolute Gasteiger partial charge is 0.378 e. The van der Waals surface area contributed by atoms with Gasteiger partial charge in [-0.05, 0) is 37.0 Å².